The molecule has 0 aromatic rings. The third-order valence-corrected chi connectivity index (χ3v) is 10.6. The van der Waals surface area contributed by atoms with Crippen LogP contribution >= 0.6 is 7.82 Å². The van der Waals surface area contributed by atoms with Crippen LogP contribution in [0.2, 0.25) is 0 Å². The number of hydrogen-bond acceptors (Lipinski definition) is 16. The number of aliphatic hydroxyl groups is 8. The average molecular weight is 793 g/mol. The lowest BCUT2D eigenvalue weighted by molar-refractivity contribution is -0.314. The molecule has 2 aliphatic heterocycles. The van der Waals surface area contributed by atoms with Crippen molar-refractivity contribution < 1.29 is 83.0 Å². The van der Waals surface area contributed by atoms with E-state index in [-0.39, 0.29) is 6.61 Å². The first-order chi connectivity index (χ1) is 25.4. The largest absolute Gasteiger partial charge is 0.472 e. The number of aliphatic hydroxyl groups excluding tert-OH is 8. The van der Waals surface area contributed by atoms with Gasteiger partial charge in [0, 0.05) is 6.61 Å². The first kappa shape index (κ1) is 48.7. The van der Waals surface area contributed by atoms with Gasteiger partial charge in [0.15, 0.2) is 12.6 Å². The molecule has 9 N–H and O–H groups in total. The fourth-order valence-corrected chi connectivity index (χ4v) is 7.06. The van der Waals surface area contributed by atoms with Crippen molar-refractivity contribution in [3.05, 3.63) is 0 Å². The third-order valence-electron chi connectivity index (χ3n) is 9.60. The Morgan fingerprint density at radius 2 is 0.981 bits per heavy atom. The Balaban J connectivity index is 1.82. The number of phosphoric ester groups is 1. The van der Waals surface area contributed by atoms with Crippen molar-refractivity contribution in [3.63, 3.8) is 0 Å². The van der Waals surface area contributed by atoms with Crippen molar-refractivity contribution in [1.29, 1.82) is 0 Å². The Labute approximate surface area is 314 Å². The van der Waals surface area contributed by atoms with Crippen LogP contribution in [0.3, 0.4) is 0 Å². The fourth-order valence-electron chi connectivity index (χ4n) is 6.15. The van der Waals surface area contributed by atoms with Gasteiger partial charge in [-0.2, -0.15) is 0 Å². The zero-order chi connectivity index (χ0) is 39.2. The Morgan fingerprint density at radius 1 is 0.566 bits per heavy atom. The standard InChI is InChI=1S/C35H69O17P/c1-3-5-6-7-8-9-10-11-12-13-14-15-16-17-18-46-24(4-2)23-49-53(44,45)52-25(21-47-34-32(42)30(40)28(38)26(19-36)50-34)22-48-35-33(43)31(41)29(39)27(20-37)51-35/h24-43H,3-23H2,1-2H3,(H,44,45)/t24-,25?,26?,27?,28-,29+,30?,31+,32-,33?,34+,35-/m1/s1. The van der Waals surface area contributed by atoms with E-state index in [1.807, 2.05) is 6.92 Å². The molecule has 2 aliphatic rings. The van der Waals surface area contributed by atoms with Gasteiger partial charge in [-0.05, 0) is 12.8 Å². The van der Waals surface area contributed by atoms with Gasteiger partial charge in [0.1, 0.15) is 54.9 Å². The Bertz CT molecular complexity index is 924. The van der Waals surface area contributed by atoms with E-state index in [0.29, 0.717) is 13.0 Å². The highest BCUT2D eigenvalue weighted by atomic mass is 31.2. The van der Waals surface area contributed by atoms with Gasteiger partial charge in [-0.25, -0.2) is 4.57 Å². The van der Waals surface area contributed by atoms with E-state index in [1.54, 1.807) is 0 Å². The second-order valence-electron chi connectivity index (χ2n) is 14.1. The number of rotatable bonds is 30. The summed E-state index contributed by atoms with van der Waals surface area (Å²) < 4.78 is 51.0. The van der Waals surface area contributed by atoms with Gasteiger partial charge in [-0.15, -0.1) is 0 Å². The van der Waals surface area contributed by atoms with E-state index in [2.05, 4.69) is 6.92 Å². The summed E-state index contributed by atoms with van der Waals surface area (Å²) in [5, 5.41) is 79.9. The maximum absolute atomic E-state index is 13.0. The van der Waals surface area contributed by atoms with Gasteiger partial charge in [0.05, 0.1) is 39.1 Å². The van der Waals surface area contributed by atoms with Gasteiger partial charge < -0.3 is 69.4 Å². The quantitative estimate of drug-likeness (QED) is 0.0368. The van der Waals surface area contributed by atoms with Crippen LogP contribution in [0.1, 0.15) is 110 Å². The first-order valence-electron chi connectivity index (χ1n) is 19.5. The molecule has 17 nitrogen and oxygen atoms in total. The normalized spacial score (nSPS) is 31.7. The van der Waals surface area contributed by atoms with E-state index in [4.69, 9.17) is 32.7 Å². The van der Waals surface area contributed by atoms with Crippen molar-refractivity contribution >= 4 is 7.82 Å². The summed E-state index contributed by atoms with van der Waals surface area (Å²) in [4.78, 5) is 10.6. The highest BCUT2D eigenvalue weighted by Crippen LogP contribution is 2.45. The highest BCUT2D eigenvalue weighted by Gasteiger charge is 2.46. The van der Waals surface area contributed by atoms with Crippen molar-refractivity contribution in [2.45, 2.75) is 184 Å². The maximum atomic E-state index is 13.0. The Morgan fingerprint density at radius 3 is 1.38 bits per heavy atom. The molecule has 0 aromatic heterocycles. The molecule has 0 bridgehead atoms. The molecule has 13 atom stereocenters. The van der Waals surface area contributed by atoms with E-state index in [0.717, 1.165) is 19.3 Å². The Hall–Kier alpha value is -0.410. The van der Waals surface area contributed by atoms with Gasteiger partial charge >= 0.3 is 7.82 Å². The molecule has 2 fully saturated rings. The molecule has 0 amide bonds. The summed E-state index contributed by atoms with van der Waals surface area (Å²) in [6.45, 7) is 1.51. The van der Waals surface area contributed by atoms with Crippen LogP contribution in [0.5, 0.6) is 0 Å². The molecular formula is C35H69O17P. The molecule has 0 spiro atoms. The molecular weight excluding hydrogens is 723 g/mol. The molecule has 0 aliphatic carbocycles. The molecule has 18 heteroatoms. The molecule has 6 unspecified atom stereocenters. The third kappa shape index (κ3) is 18.2. The minimum Gasteiger partial charge on any atom is -0.394 e. The molecule has 0 aromatic carbocycles. The van der Waals surface area contributed by atoms with Gasteiger partial charge in [0.25, 0.3) is 0 Å². The lowest BCUT2D eigenvalue weighted by atomic mass is 9.99. The number of phosphoric acid groups is 1. The van der Waals surface area contributed by atoms with Gasteiger partial charge in [-0.1, -0.05) is 97.3 Å². The summed E-state index contributed by atoms with van der Waals surface area (Å²) in [6, 6.07) is 0. The van der Waals surface area contributed by atoms with Crippen LogP contribution < -0.4 is 0 Å². The number of unbranched alkanes of at least 4 members (excludes halogenated alkanes) is 13. The topological polar surface area (TPSA) is 264 Å². The first-order valence-corrected chi connectivity index (χ1v) is 21.0. The second-order valence-corrected chi connectivity index (χ2v) is 15.5. The minimum atomic E-state index is -4.85. The summed E-state index contributed by atoms with van der Waals surface area (Å²) in [5.74, 6) is 0. The van der Waals surface area contributed by atoms with Crippen molar-refractivity contribution in [3.8, 4) is 0 Å². The van der Waals surface area contributed by atoms with Crippen LogP contribution in [0.4, 0.5) is 0 Å². The van der Waals surface area contributed by atoms with Crippen LogP contribution in [-0.4, -0.2) is 159 Å². The highest BCUT2D eigenvalue weighted by molar-refractivity contribution is 7.47. The van der Waals surface area contributed by atoms with Crippen molar-refractivity contribution in [2.24, 2.45) is 0 Å². The van der Waals surface area contributed by atoms with E-state index >= 15 is 0 Å². The van der Waals surface area contributed by atoms with E-state index in [9.17, 15) is 50.3 Å². The SMILES string of the molecule is CCCCCCCCCCCCCCCCO[C@H](CC)COP(=O)(O)OC(CO[C@@H]1OC(CO)[C@H](O)[C@H](O)C1O)CO[C@H]1OC(CO)[C@@H](O)C(O)[C@H]1O. The van der Waals surface area contributed by atoms with Gasteiger partial charge in [0.2, 0.25) is 0 Å². The van der Waals surface area contributed by atoms with E-state index in [1.165, 1.54) is 70.6 Å². The van der Waals surface area contributed by atoms with Crippen LogP contribution in [0.25, 0.3) is 0 Å². The Kier molecular flexibility index (Phi) is 25.1. The van der Waals surface area contributed by atoms with E-state index < -0.39 is 108 Å². The van der Waals surface area contributed by atoms with Gasteiger partial charge in [-0.3, -0.25) is 9.05 Å². The van der Waals surface area contributed by atoms with Crippen LogP contribution in [0, 0.1) is 0 Å². The molecule has 2 saturated heterocycles. The molecule has 2 heterocycles. The molecule has 2 rings (SSSR count). The number of hydrogen-bond donors (Lipinski definition) is 9. The molecule has 0 radical (unpaired) electrons. The summed E-state index contributed by atoms with van der Waals surface area (Å²) in [5.41, 5.74) is 0. The fraction of sp³-hybridized carbons (Fsp3) is 1.00. The predicted molar refractivity (Wildman–Crippen MR) is 190 cm³/mol. The zero-order valence-corrected chi connectivity index (χ0v) is 32.4. The molecule has 53 heavy (non-hydrogen) atoms. The predicted octanol–water partition coefficient (Wildman–Crippen LogP) is 1.40. The van der Waals surface area contributed by atoms with Crippen LogP contribution in [0.15, 0.2) is 0 Å². The summed E-state index contributed by atoms with van der Waals surface area (Å²) >= 11 is 0. The lowest BCUT2D eigenvalue weighted by Crippen LogP contribution is -2.60. The zero-order valence-electron chi connectivity index (χ0n) is 31.5. The lowest BCUT2D eigenvalue weighted by Gasteiger charge is -2.40. The minimum absolute atomic E-state index is 0.281. The van der Waals surface area contributed by atoms with Crippen LogP contribution in [-0.2, 0) is 37.3 Å². The smallest absolute Gasteiger partial charge is 0.394 e. The molecule has 316 valence electrons. The van der Waals surface area contributed by atoms with Crippen molar-refractivity contribution in [2.75, 3.05) is 39.6 Å². The molecule has 0 saturated carbocycles. The summed E-state index contributed by atoms with van der Waals surface area (Å²) in [6.07, 6.45) is -0.387. The maximum Gasteiger partial charge on any atom is 0.472 e. The second kappa shape index (κ2) is 27.3. The van der Waals surface area contributed by atoms with Crippen molar-refractivity contribution in [1.82, 2.24) is 0 Å². The summed E-state index contributed by atoms with van der Waals surface area (Å²) in [7, 11) is -4.85. The monoisotopic (exact) mass is 792 g/mol. The number of ether oxygens (including phenoxy) is 5. The average Bonchev–Trinajstić information content (AvgIpc) is 3.14.